The molecular weight excluding hydrogens is 316 g/mol. The van der Waals surface area contributed by atoms with E-state index in [0.717, 1.165) is 31.9 Å². The summed E-state index contributed by atoms with van der Waals surface area (Å²) in [5, 5.41) is 4.60. The van der Waals surface area contributed by atoms with E-state index in [2.05, 4.69) is 51.4 Å². The Balaban J connectivity index is 2.18. The Morgan fingerprint density at radius 1 is 1.40 bits per heavy atom. The van der Waals surface area contributed by atoms with E-state index in [1.807, 2.05) is 0 Å². The van der Waals surface area contributed by atoms with Gasteiger partial charge in [-0.25, -0.2) is 0 Å². The Morgan fingerprint density at radius 3 is 2.75 bits per heavy atom. The van der Waals surface area contributed by atoms with E-state index in [1.165, 1.54) is 29.4 Å². The van der Waals surface area contributed by atoms with Crippen LogP contribution in [0.1, 0.15) is 44.5 Å². The second-order valence-corrected chi connectivity index (χ2v) is 6.51. The summed E-state index contributed by atoms with van der Waals surface area (Å²) in [5.41, 5.74) is 8.33. The van der Waals surface area contributed by atoms with Crippen LogP contribution < -0.4 is 5.73 Å². The van der Waals surface area contributed by atoms with Crippen molar-refractivity contribution in [2.24, 2.45) is 11.7 Å². The molecule has 0 radical (unpaired) electrons. The average molecular weight is 343 g/mol. The smallest absolute Gasteiger partial charge is 0.0739 e. The summed E-state index contributed by atoms with van der Waals surface area (Å²) in [6.07, 6.45) is 3.88. The minimum Gasteiger partial charge on any atom is -0.330 e. The topological polar surface area (TPSA) is 47.1 Å². The summed E-state index contributed by atoms with van der Waals surface area (Å²) in [5.74, 6) is 0.660. The summed E-state index contributed by atoms with van der Waals surface area (Å²) >= 11 is 3.71. The molecule has 1 aromatic rings. The van der Waals surface area contributed by atoms with Crippen molar-refractivity contribution in [3.05, 3.63) is 15.9 Å². The Morgan fingerprint density at radius 2 is 2.15 bits per heavy atom. The zero-order chi connectivity index (χ0) is 14.7. The average Bonchev–Trinajstić information content (AvgIpc) is 3.03. The zero-order valence-electron chi connectivity index (χ0n) is 12.9. The Labute approximate surface area is 130 Å². The standard InChI is InChI=1S/C15H27BrN4/c1-4-19(13-8-6-7-12(13)9-17)10-14-15(16)11(3)18-20(14)5-2/h12-13H,4-10,17H2,1-3H3. The van der Waals surface area contributed by atoms with Crippen LogP contribution in [0.15, 0.2) is 4.47 Å². The molecule has 1 heterocycles. The molecule has 0 spiro atoms. The maximum atomic E-state index is 5.95. The molecule has 2 N–H and O–H groups in total. The van der Waals surface area contributed by atoms with Crippen molar-refractivity contribution in [2.45, 2.75) is 59.2 Å². The highest BCUT2D eigenvalue weighted by Crippen LogP contribution is 2.31. The van der Waals surface area contributed by atoms with Crippen molar-refractivity contribution in [1.29, 1.82) is 0 Å². The number of hydrogen-bond acceptors (Lipinski definition) is 3. The maximum absolute atomic E-state index is 5.95. The van der Waals surface area contributed by atoms with E-state index in [0.29, 0.717) is 12.0 Å². The largest absolute Gasteiger partial charge is 0.330 e. The minimum absolute atomic E-state index is 0.636. The van der Waals surface area contributed by atoms with E-state index in [9.17, 15) is 0 Å². The summed E-state index contributed by atoms with van der Waals surface area (Å²) in [4.78, 5) is 2.58. The van der Waals surface area contributed by atoms with Gasteiger partial charge in [0.1, 0.15) is 0 Å². The third-order valence-corrected chi connectivity index (χ3v) is 5.63. The number of aryl methyl sites for hydroxylation is 2. The molecule has 1 aliphatic carbocycles. The van der Waals surface area contributed by atoms with E-state index in [1.54, 1.807) is 0 Å². The lowest BCUT2D eigenvalue weighted by Gasteiger charge is -2.32. The van der Waals surface area contributed by atoms with Gasteiger partial charge in [-0.1, -0.05) is 13.3 Å². The summed E-state index contributed by atoms with van der Waals surface area (Å²) in [6.45, 7) is 10.2. The normalized spacial score (nSPS) is 22.9. The summed E-state index contributed by atoms with van der Waals surface area (Å²) < 4.78 is 3.29. The van der Waals surface area contributed by atoms with Gasteiger partial charge < -0.3 is 5.73 Å². The van der Waals surface area contributed by atoms with Gasteiger partial charge in [-0.2, -0.15) is 5.10 Å². The molecule has 1 fully saturated rings. The van der Waals surface area contributed by atoms with Gasteiger partial charge in [-0.05, 0) is 61.6 Å². The van der Waals surface area contributed by atoms with E-state index < -0.39 is 0 Å². The molecule has 0 bridgehead atoms. The van der Waals surface area contributed by atoms with E-state index in [-0.39, 0.29) is 0 Å². The minimum atomic E-state index is 0.636. The molecule has 114 valence electrons. The van der Waals surface area contributed by atoms with Crippen molar-refractivity contribution in [1.82, 2.24) is 14.7 Å². The molecule has 20 heavy (non-hydrogen) atoms. The van der Waals surface area contributed by atoms with Crippen LogP contribution in [-0.2, 0) is 13.1 Å². The molecule has 0 saturated heterocycles. The number of halogens is 1. The van der Waals surface area contributed by atoms with Crippen LogP contribution in [0.4, 0.5) is 0 Å². The lowest BCUT2D eigenvalue weighted by atomic mass is 10.0. The fraction of sp³-hybridized carbons (Fsp3) is 0.800. The first-order chi connectivity index (χ1) is 9.62. The summed E-state index contributed by atoms with van der Waals surface area (Å²) in [7, 11) is 0. The first kappa shape index (κ1) is 16.0. The highest BCUT2D eigenvalue weighted by Gasteiger charge is 2.31. The van der Waals surface area contributed by atoms with Crippen molar-refractivity contribution in [2.75, 3.05) is 13.1 Å². The monoisotopic (exact) mass is 342 g/mol. The predicted octanol–water partition coefficient (Wildman–Crippen LogP) is 2.92. The predicted molar refractivity (Wildman–Crippen MR) is 86.6 cm³/mol. The van der Waals surface area contributed by atoms with Gasteiger partial charge in [0, 0.05) is 19.1 Å². The second-order valence-electron chi connectivity index (χ2n) is 5.72. The fourth-order valence-corrected chi connectivity index (χ4v) is 3.86. The van der Waals surface area contributed by atoms with Crippen molar-refractivity contribution < 1.29 is 0 Å². The number of aromatic nitrogens is 2. The Kier molecular flexibility index (Phi) is 5.64. The molecular formula is C15H27BrN4. The lowest BCUT2D eigenvalue weighted by molar-refractivity contribution is 0.157. The highest BCUT2D eigenvalue weighted by molar-refractivity contribution is 9.10. The van der Waals surface area contributed by atoms with Crippen LogP contribution in [0.25, 0.3) is 0 Å². The van der Waals surface area contributed by atoms with Crippen molar-refractivity contribution >= 4 is 15.9 Å². The van der Waals surface area contributed by atoms with Crippen LogP contribution >= 0.6 is 15.9 Å². The molecule has 2 unspecified atom stereocenters. The van der Waals surface area contributed by atoms with Crippen LogP contribution in [0.3, 0.4) is 0 Å². The number of nitrogens with two attached hydrogens (primary N) is 1. The number of rotatable bonds is 6. The number of nitrogens with zero attached hydrogens (tertiary/aromatic N) is 3. The fourth-order valence-electron chi connectivity index (χ4n) is 3.45. The Bertz CT molecular complexity index is 443. The highest BCUT2D eigenvalue weighted by atomic mass is 79.9. The molecule has 0 aliphatic heterocycles. The van der Waals surface area contributed by atoms with Gasteiger partial charge in [-0.3, -0.25) is 9.58 Å². The quantitative estimate of drug-likeness (QED) is 0.864. The van der Waals surface area contributed by atoms with E-state index in [4.69, 9.17) is 5.73 Å². The molecule has 5 heteroatoms. The third-order valence-electron chi connectivity index (χ3n) is 4.60. The summed E-state index contributed by atoms with van der Waals surface area (Å²) in [6, 6.07) is 0.636. The Hall–Kier alpha value is -0.390. The first-order valence-corrected chi connectivity index (χ1v) is 8.57. The van der Waals surface area contributed by atoms with Gasteiger partial charge in [0.15, 0.2) is 0 Å². The first-order valence-electron chi connectivity index (χ1n) is 7.78. The zero-order valence-corrected chi connectivity index (χ0v) is 14.5. The van der Waals surface area contributed by atoms with Gasteiger partial charge in [0.25, 0.3) is 0 Å². The van der Waals surface area contributed by atoms with Gasteiger partial charge in [0.2, 0.25) is 0 Å². The van der Waals surface area contributed by atoms with Crippen molar-refractivity contribution in [3.63, 3.8) is 0 Å². The molecule has 4 nitrogen and oxygen atoms in total. The molecule has 0 amide bonds. The molecule has 2 rings (SSSR count). The van der Waals surface area contributed by atoms with Crippen molar-refractivity contribution in [3.8, 4) is 0 Å². The molecule has 1 aromatic heterocycles. The molecule has 0 aromatic carbocycles. The second kappa shape index (κ2) is 7.05. The molecule has 1 aliphatic rings. The van der Waals surface area contributed by atoms with E-state index >= 15 is 0 Å². The molecule has 1 saturated carbocycles. The van der Waals surface area contributed by atoms with Gasteiger partial charge in [0.05, 0.1) is 15.9 Å². The van der Waals surface area contributed by atoms with Crippen LogP contribution in [0.5, 0.6) is 0 Å². The molecule has 2 atom stereocenters. The van der Waals surface area contributed by atoms with Gasteiger partial charge >= 0.3 is 0 Å². The lowest BCUT2D eigenvalue weighted by Crippen LogP contribution is -2.40. The SMILES string of the molecule is CCN(Cc1c(Br)c(C)nn1CC)C1CCCC1CN. The number of hydrogen-bond donors (Lipinski definition) is 1. The van der Waals surface area contributed by atoms with Crippen LogP contribution in [0, 0.1) is 12.8 Å². The van der Waals surface area contributed by atoms with Crippen LogP contribution in [0.2, 0.25) is 0 Å². The third kappa shape index (κ3) is 3.10. The van der Waals surface area contributed by atoms with Gasteiger partial charge in [-0.15, -0.1) is 0 Å². The van der Waals surface area contributed by atoms with Crippen LogP contribution in [-0.4, -0.2) is 33.8 Å². The maximum Gasteiger partial charge on any atom is 0.0739 e.